The number of H-pyrrole nitrogens is 1. The Bertz CT molecular complexity index is 1100. The Balaban J connectivity index is 1.75. The van der Waals surface area contributed by atoms with E-state index in [0.29, 0.717) is 22.8 Å². The van der Waals surface area contributed by atoms with E-state index in [1.807, 2.05) is 19.1 Å². The van der Waals surface area contributed by atoms with Gasteiger partial charge in [0.1, 0.15) is 23.1 Å². The number of nitrogens with zero attached hydrogens (tertiary/aromatic N) is 3. The number of benzene rings is 2. The van der Waals surface area contributed by atoms with Crippen LogP contribution >= 0.6 is 0 Å². The summed E-state index contributed by atoms with van der Waals surface area (Å²) in [4.78, 5) is 7.68. The lowest BCUT2D eigenvalue weighted by molar-refractivity contribution is 0.400. The fourth-order valence-corrected chi connectivity index (χ4v) is 2.79. The van der Waals surface area contributed by atoms with Crippen molar-refractivity contribution in [3.05, 3.63) is 71.9 Å². The lowest BCUT2D eigenvalue weighted by atomic mass is 10.0. The van der Waals surface area contributed by atoms with Crippen LogP contribution in [0.5, 0.6) is 0 Å². The van der Waals surface area contributed by atoms with E-state index >= 15 is 0 Å². The molecule has 0 bridgehead atoms. The van der Waals surface area contributed by atoms with Crippen LogP contribution in [-0.2, 0) is 0 Å². The van der Waals surface area contributed by atoms with Crippen LogP contribution in [0.2, 0.25) is 0 Å². The highest BCUT2D eigenvalue weighted by Crippen LogP contribution is 2.34. The predicted molar refractivity (Wildman–Crippen MR) is 94.4 cm³/mol. The Hall–Kier alpha value is -3.72. The number of halogens is 1. The molecule has 0 saturated heterocycles. The molecule has 5 nitrogen and oxygen atoms in total. The molecule has 0 aliphatic carbocycles. The molecule has 0 radical (unpaired) electrons. The zero-order valence-corrected chi connectivity index (χ0v) is 13.8. The number of aromatic amines is 1. The average molecular weight is 344 g/mol. The van der Waals surface area contributed by atoms with E-state index in [1.165, 1.54) is 12.1 Å². The van der Waals surface area contributed by atoms with Crippen molar-refractivity contribution < 1.29 is 8.91 Å². The molecule has 0 atom stereocenters. The molecule has 1 N–H and O–H groups in total. The Labute approximate surface area is 148 Å². The van der Waals surface area contributed by atoms with Gasteiger partial charge in [0.2, 0.25) is 0 Å². The van der Waals surface area contributed by atoms with Gasteiger partial charge in [0.05, 0.1) is 29.1 Å². The topological polar surface area (TPSA) is 78.5 Å². The van der Waals surface area contributed by atoms with Crippen LogP contribution < -0.4 is 0 Å². The monoisotopic (exact) mass is 344 g/mol. The van der Waals surface area contributed by atoms with Crippen LogP contribution in [0.3, 0.4) is 0 Å². The molecular formula is C20H13FN4O. The van der Waals surface area contributed by atoms with Gasteiger partial charge in [-0.15, -0.1) is 0 Å². The molecule has 0 saturated carbocycles. The van der Waals surface area contributed by atoms with Crippen molar-refractivity contribution in [2.45, 2.75) is 6.92 Å². The smallest absolute Gasteiger partial charge is 0.143 e. The number of hydrogen-bond donors (Lipinski definition) is 1. The maximum atomic E-state index is 13.2. The van der Waals surface area contributed by atoms with Crippen molar-refractivity contribution in [1.29, 1.82) is 5.26 Å². The van der Waals surface area contributed by atoms with E-state index in [9.17, 15) is 4.39 Å². The van der Waals surface area contributed by atoms with Crippen LogP contribution in [0, 0.1) is 24.1 Å². The Morgan fingerprint density at radius 2 is 1.73 bits per heavy atom. The molecule has 2 heterocycles. The minimum atomic E-state index is -0.305. The van der Waals surface area contributed by atoms with Crippen molar-refractivity contribution >= 4 is 0 Å². The number of hydrogen-bond acceptors (Lipinski definition) is 4. The molecule has 0 spiro atoms. The van der Waals surface area contributed by atoms with E-state index < -0.39 is 0 Å². The van der Waals surface area contributed by atoms with E-state index in [0.717, 1.165) is 22.4 Å². The molecule has 0 aliphatic heterocycles. The maximum absolute atomic E-state index is 13.2. The van der Waals surface area contributed by atoms with Gasteiger partial charge in [0, 0.05) is 11.1 Å². The zero-order valence-electron chi connectivity index (χ0n) is 13.8. The molecule has 0 amide bonds. The average Bonchev–Trinajstić information content (AvgIpc) is 3.29. The fraction of sp³-hybridized carbons (Fsp3) is 0.0500. The van der Waals surface area contributed by atoms with Crippen LogP contribution in [0.4, 0.5) is 4.39 Å². The largest absolute Gasteiger partial charge is 0.360 e. The Morgan fingerprint density at radius 1 is 1.04 bits per heavy atom. The van der Waals surface area contributed by atoms with Gasteiger partial charge in [-0.2, -0.15) is 5.26 Å². The maximum Gasteiger partial charge on any atom is 0.143 e. The number of nitriles is 1. The predicted octanol–water partition coefficient (Wildman–Crippen LogP) is 4.72. The highest BCUT2D eigenvalue weighted by atomic mass is 19.1. The van der Waals surface area contributed by atoms with Crippen molar-refractivity contribution in [3.8, 4) is 40.0 Å². The summed E-state index contributed by atoms with van der Waals surface area (Å²) in [5, 5.41) is 13.0. The molecule has 26 heavy (non-hydrogen) atoms. The fourth-order valence-electron chi connectivity index (χ4n) is 2.79. The minimum absolute atomic E-state index is 0.305. The van der Waals surface area contributed by atoms with E-state index in [2.05, 4.69) is 21.2 Å². The second-order valence-electron chi connectivity index (χ2n) is 5.80. The van der Waals surface area contributed by atoms with Gasteiger partial charge >= 0.3 is 0 Å². The number of imidazole rings is 1. The number of rotatable bonds is 3. The van der Waals surface area contributed by atoms with Crippen molar-refractivity contribution in [1.82, 2.24) is 15.1 Å². The van der Waals surface area contributed by atoms with Crippen molar-refractivity contribution in [2.75, 3.05) is 0 Å². The zero-order chi connectivity index (χ0) is 18.1. The Morgan fingerprint density at radius 3 is 2.42 bits per heavy atom. The SMILES string of the molecule is Cc1onc(-c2ccc(F)cc2)c1-c1cnc(-c2ccc(C#N)cc2)[nH]1. The van der Waals surface area contributed by atoms with Gasteiger partial charge in [-0.05, 0) is 55.5 Å². The molecule has 126 valence electrons. The summed E-state index contributed by atoms with van der Waals surface area (Å²) < 4.78 is 18.5. The molecule has 2 aromatic carbocycles. The van der Waals surface area contributed by atoms with Gasteiger partial charge in [-0.25, -0.2) is 9.37 Å². The van der Waals surface area contributed by atoms with E-state index in [1.54, 1.807) is 30.5 Å². The summed E-state index contributed by atoms with van der Waals surface area (Å²) in [6.07, 6.45) is 1.71. The second kappa shape index (κ2) is 6.30. The Kier molecular flexibility index (Phi) is 3.82. The highest BCUT2D eigenvalue weighted by Gasteiger charge is 2.19. The third kappa shape index (κ3) is 2.76. The summed E-state index contributed by atoms with van der Waals surface area (Å²) in [5.74, 6) is 1.01. The van der Waals surface area contributed by atoms with Gasteiger partial charge in [0.25, 0.3) is 0 Å². The lowest BCUT2D eigenvalue weighted by Crippen LogP contribution is -1.86. The van der Waals surface area contributed by atoms with Crippen LogP contribution in [-0.4, -0.2) is 15.1 Å². The number of nitrogens with one attached hydrogen (secondary N) is 1. The van der Waals surface area contributed by atoms with E-state index in [-0.39, 0.29) is 5.82 Å². The molecule has 6 heteroatoms. The van der Waals surface area contributed by atoms with Crippen LogP contribution in [0.25, 0.3) is 33.9 Å². The normalized spacial score (nSPS) is 10.7. The second-order valence-corrected chi connectivity index (χ2v) is 5.80. The molecule has 0 unspecified atom stereocenters. The van der Waals surface area contributed by atoms with Crippen LogP contribution in [0.15, 0.2) is 59.3 Å². The third-order valence-corrected chi connectivity index (χ3v) is 4.11. The first kappa shape index (κ1) is 15.8. The standard InChI is InChI=1S/C20H13FN4O/c1-12-18(19(25-26-12)14-6-8-16(21)9-7-14)17-11-23-20(24-17)15-4-2-13(10-22)3-5-15/h2-9,11H,1H3,(H,23,24). The third-order valence-electron chi connectivity index (χ3n) is 4.11. The molecule has 0 fully saturated rings. The first-order valence-corrected chi connectivity index (χ1v) is 7.94. The first-order valence-electron chi connectivity index (χ1n) is 7.94. The summed E-state index contributed by atoms with van der Waals surface area (Å²) in [6.45, 7) is 1.82. The van der Waals surface area contributed by atoms with Gasteiger partial charge < -0.3 is 9.51 Å². The molecule has 2 aromatic heterocycles. The van der Waals surface area contributed by atoms with Gasteiger partial charge in [-0.3, -0.25) is 0 Å². The van der Waals surface area contributed by atoms with Crippen molar-refractivity contribution in [3.63, 3.8) is 0 Å². The van der Waals surface area contributed by atoms with E-state index in [4.69, 9.17) is 9.78 Å². The highest BCUT2D eigenvalue weighted by molar-refractivity contribution is 5.80. The molecular weight excluding hydrogens is 331 g/mol. The quantitative estimate of drug-likeness (QED) is 0.583. The summed E-state index contributed by atoms with van der Waals surface area (Å²) in [6, 6.07) is 15.3. The summed E-state index contributed by atoms with van der Waals surface area (Å²) in [7, 11) is 0. The summed E-state index contributed by atoms with van der Waals surface area (Å²) >= 11 is 0. The van der Waals surface area contributed by atoms with Crippen molar-refractivity contribution in [2.24, 2.45) is 0 Å². The first-order chi connectivity index (χ1) is 12.7. The lowest BCUT2D eigenvalue weighted by Gasteiger charge is -2.01. The van der Waals surface area contributed by atoms with Crippen LogP contribution in [0.1, 0.15) is 11.3 Å². The minimum Gasteiger partial charge on any atom is -0.360 e. The summed E-state index contributed by atoms with van der Waals surface area (Å²) in [5.41, 5.74) is 4.37. The molecule has 0 aliphatic rings. The van der Waals surface area contributed by atoms with Gasteiger partial charge in [0.15, 0.2) is 0 Å². The number of aromatic nitrogens is 3. The van der Waals surface area contributed by atoms with Gasteiger partial charge in [-0.1, -0.05) is 5.16 Å². The molecule has 4 aromatic rings. The molecule has 4 rings (SSSR count). The number of aryl methyl sites for hydroxylation is 1.